The average molecular weight is 246 g/mol. The summed E-state index contributed by atoms with van der Waals surface area (Å²) >= 11 is 0. The molecule has 0 atom stereocenters. The van der Waals surface area contributed by atoms with Gasteiger partial charge in [-0.1, -0.05) is 6.08 Å². The number of carboxylic acid groups (broad SMARTS) is 1. The van der Waals surface area contributed by atoms with Crippen LogP contribution >= 0.6 is 0 Å². The van der Waals surface area contributed by atoms with Gasteiger partial charge in [0.25, 0.3) is 0 Å². The Morgan fingerprint density at radius 2 is 2.00 bits per heavy atom. The first kappa shape index (κ1) is 17.8. The molecule has 0 aromatic heterocycles. The van der Waals surface area contributed by atoms with Crippen LogP contribution in [0.1, 0.15) is 27.2 Å². The summed E-state index contributed by atoms with van der Waals surface area (Å²) in [6.07, 6.45) is 1.15. The Kier molecular flexibility index (Phi) is 10.1. The summed E-state index contributed by atoms with van der Waals surface area (Å²) in [6.45, 7) is 9.94. The van der Waals surface area contributed by atoms with E-state index in [-0.39, 0.29) is 6.42 Å². The van der Waals surface area contributed by atoms with Gasteiger partial charge in [-0.15, -0.1) is 6.58 Å². The molecule has 0 saturated carbocycles. The summed E-state index contributed by atoms with van der Waals surface area (Å²) in [6, 6.07) is 0. The Labute approximate surface area is 102 Å². The number of primary amides is 1. The highest BCUT2D eigenvalue weighted by molar-refractivity contribution is 5.66. The number of amides is 1. The van der Waals surface area contributed by atoms with E-state index in [0.29, 0.717) is 13.1 Å². The molecule has 0 unspecified atom stereocenters. The smallest absolute Gasteiger partial charge is 0.405 e. The zero-order valence-electron chi connectivity index (χ0n) is 10.7. The molecule has 0 aliphatic heterocycles. The summed E-state index contributed by atoms with van der Waals surface area (Å²) < 4.78 is 4.58. The minimum absolute atomic E-state index is 0.174. The number of rotatable bonds is 5. The molecule has 100 valence electrons. The van der Waals surface area contributed by atoms with Gasteiger partial charge in [0.15, 0.2) is 0 Å². The van der Waals surface area contributed by atoms with Gasteiger partial charge in [-0.05, 0) is 20.8 Å². The second-order valence-electron chi connectivity index (χ2n) is 4.17. The van der Waals surface area contributed by atoms with E-state index in [2.05, 4.69) is 16.6 Å². The summed E-state index contributed by atoms with van der Waals surface area (Å²) in [5, 5.41) is 11.0. The Bertz CT molecular complexity index is 246. The molecule has 0 spiro atoms. The molecule has 0 aliphatic rings. The number of ether oxygens (including phenoxy) is 1. The molecule has 0 radical (unpaired) electrons. The first-order chi connectivity index (χ1) is 7.69. The second kappa shape index (κ2) is 9.65. The van der Waals surface area contributed by atoms with Gasteiger partial charge in [0.1, 0.15) is 5.60 Å². The summed E-state index contributed by atoms with van der Waals surface area (Å²) in [4.78, 5) is 19.9. The number of aliphatic carboxylic acids is 1. The van der Waals surface area contributed by atoms with E-state index in [0.717, 1.165) is 0 Å². The Morgan fingerprint density at radius 3 is 2.24 bits per heavy atom. The molecule has 1 amide bonds. The van der Waals surface area contributed by atoms with Gasteiger partial charge >= 0.3 is 12.1 Å². The lowest BCUT2D eigenvalue weighted by Gasteiger charge is -2.16. The summed E-state index contributed by atoms with van der Waals surface area (Å²) in [5.41, 5.74) is 4.26. The number of hydrogen-bond donors (Lipinski definition) is 3. The zero-order chi connectivity index (χ0) is 13.9. The molecule has 0 aromatic carbocycles. The molecule has 0 heterocycles. The van der Waals surface area contributed by atoms with Crippen molar-refractivity contribution < 1.29 is 19.4 Å². The Balaban J connectivity index is 0. The van der Waals surface area contributed by atoms with Gasteiger partial charge in [-0.25, -0.2) is 4.79 Å². The fraction of sp³-hybridized carbons (Fsp3) is 0.636. The van der Waals surface area contributed by atoms with Crippen molar-refractivity contribution in [2.45, 2.75) is 32.8 Å². The quantitative estimate of drug-likeness (QED) is 0.498. The SMILES string of the molecule is C=CCNCCC(=O)O.CC(C)(C)OC(N)=O. The van der Waals surface area contributed by atoms with Gasteiger partial charge in [-0.3, -0.25) is 4.79 Å². The molecular formula is C11H22N2O4. The van der Waals surface area contributed by atoms with Crippen LogP contribution in [0.2, 0.25) is 0 Å². The van der Waals surface area contributed by atoms with E-state index in [4.69, 9.17) is 10.8 Å². The van der Waals surface area contributed by atoms with Crippen molar-refractivity contribution in [1.29, 1.82) is 0 Å². The number of carbonyl (C=O) groups excluding carboxylic acids is 1. The monoisotopic (exact) mass is 246 g/mol. The Morgan fingerprint density at radius 1 is 1.47 bits per heavy atom. The maximum absolute atomic E-state index is 10.0. The third-order valence-electron chi connectivity index (χ3n) is 1.21. The summed E-state index contributed by atoms with van der Waals surface area (Å²) in [5.74, 6) is -0.772. The standard InChI is InChI=1S/C6H11NO2.C5H11NO2/c1-2-4-7-5-3-6(8)9;1-5(2,3)8-4(6)7/h2,7H,1,3-5H2,(H,8,9);1-3H3,(H2,6,7). The van der Waals surface area contributed by atoms with Crippen LogP contribution < -0.4 is 11.1 Å². The molecule has 0 rings (SSSR count). The molecule has 0 saturated heterocycles. The van der Waals surface area contributed by atoms with Crippen molar-refractivity contribution in [2.24, 2.45) is 5.73 Å². The van der Waals surface area contributed by atoms with E-state index in [1.54, 1.807) is 26.8 Å². The highest BCUT2D eigenvalue weighted by atomic mass is 16.6. The fourth-order valence-electron chi connectivity index (χ4n) is 0.701. The molecule has 0 fully saturated rings. The van der Waals surface area contributed by atoms with Crippen molar-refractivity contribution >= 4 is 12.1 Å². The van der Waals surface area contributed by atoms with Crippen molar-refractivity contribution in [3.63, 3.8) is 0 Å². The van der Waals surface area contributed by atoms with E-state index < -0.39 is 17.7 Å². The van der Waals surface area contributed by atoms with Crippen LogP contribution in [0.5, 0.6) is 0 Å². The van der Waals surface area contributed by atoms with Gasteiger partial charge in [0.05, 0.1) is 6.42 Å². The van der Waals surface area contributed by atoms with Crippen LogP contribution in [0.25, 0.3) is 0 Å². The van der Waals surface area contributed by atoms with Gasteiger partial charge in [-0.2, -0.15) is 0 Å². The van der Waals surface area contributed by atoms with Crippen molar-refractivity contribution in [3.8, 4) is 0 Å². The van der Waals surface area contributed by atoms with Crippen LogP contribution in [0.4, 0.5) is 4.79 Å². The molecule has 6 nitrogen and oxygen atoms in total. The van der Waals surface area contributed by atoms with E-state index in [1.165, 1.54) is 0 Å². The second-order valence-corrected chi connectivity index (χ2v) is 4.17. The average Bonchev–Trinajstić information content (AvgIpc) is 2.09. The van der Waals surface area contributed by atoms with Crippen LogP contribution in [-0.2, 0) is 9.53 Å². The molecule has 17 heavy (non-hydrogen) atoms. The van der Waals surface area contributed by atoms with E-state index in [9.17, 15) is 9.59 Å². The van der Waals surface area contributed by atoms with Crippen LogP contribution in [0.3, 0.4) is 0 Å². The molecule has 4 N–H and O–H groups in total. The normalized spacial score (nSPS) is 9.82. The van der Waals surface area contributed by atoms with Gasteiger partial charge in [0.2, 0.25) is 0 Å². The highest BCUT2D eigenvalue weighted by Gasteiger charge is 2.12. The predicted molar refractivity (Wildman–Crippen MR) is 65.7 cm³/mol. The van der Waals surface area contributed by atoms with Crippen LogP contribution in [0, 0.1) is 0 Å². The number of nitrogens with one attached hydrogen (secondary N) is 1. The highest BCUT2D eigenvalue weighted by Crippen LogP contribution is 2.04. The third kappa shape index (κ3) is 25.1. The van der Waals surface area contributed by atoms with Crippen molar-refractivity contribution in [3.05, 3.63) is 12.7 Å². The molecule has 0 bridgehead atoms. The maximum Gasteiger partial charge on any atom is 0.405 e. The first-order valence-corrected chi connectivity index (χ1v) is 5.21. The number of hydrogen-bond acceptors (Lipinski definition) is 4. The third-order valence-corrected chi connectivity index (χ3v) is 1.21. The first-order valence-electron chi connectivity index (χ1n) is 5.21. The fourth-order valence-corrected chi connectivity index (χ4v) is 0.701. The van der Waals surface area contributed by atoms with Crippen molar-refractivity contribution in [2.75, 3.05) is 13.1 Å². The van der Waals surface area contributed by atoms with E-state index >= 15 is 0 Å². The van der Waals surface area contributed by atoms with Crippen LogP contribution in [-0.4, -0.2) is 35.9 Å². The topological polar surface area (TPSA) is 102 Å². The maximum atomic E-state index is 10.0. The Hall–Kier alpha value is -1.56. The van der Waals surface area contributed by atoms with E-state index in [1.807, 2.05) is 0 Å². The largest absolute Gasteiger partial charge is 0.481 e. The minimum atomic E-state index is -0.772. The number of carbonyl (C=O) groups is 2. The molecule has 0 aromatic rings. The van der Waals surface area contributed by atoms with Crippen molar-refractivity contribution in [1.82, 2.24) is 5.32 Å². The predicted octanol–water partition coefficient (Wildman–Crippen LogP) is 1.12. The zero-order valence-corrected chi connectivity index (χ0v) is 10.7. The van der Waals surface area contributed by atoms with Gasteiger partial charge in [0, 0.05) is 13.1 Å². The molecular weight excluding hydrogens is 224 g/mol. The molecule has 6 heteroatoms. The lowest BCUT2D eigenvalue weighted by atomic mass is 10.2. The molecule has 0 aliphatic carbocycles. The lowest BCUT2D eigenvalue weighted by molar-refractivity contribution is -0.136. The number of carboxylic acids is 1. The summed E-state index contributed by atoms with van der Waals surface area (Å²) in [7, 11) is 0. The van der Waals surface area contributed by atoms with Crippen LogP contribution in [0.15, 0.2) is 12.7 Å². The minimum Gasteiger partial charge on any atom is -0.481 e. The lowest BCUT2D eigenvalue weighted by Crippen LogP contribution is -2.27. The number of nitrogens with two attached hydrogens (primary N) is 1. The van der Waals surface area contributed by atoms with Gasteiger partial charge < -0.3 is 20.9 Å².